The summed E-state index contributed by atoms with van der Waals surface area (Å²) in [6.45, 7) is 3.46. The average Bonchev–Trinajstić information content (AvgIpc) is 2.98. The van der Waals surface area contributed by atoms with Crippen LogP contribution in [0.4, 0.5) is 0 Å². The highest BCUT2D eigenvalue weighted by molar-refractivity contribution is 6.09. The van der Waals surface area contributed by atoms with Gasteiger partial charge in [0, 0.05) is 25.3 Å². The van der Waals surface area contributed by atoms with Crippen molar-refractivity contribution in [1.29, 1.82) is 0 Å². The predicted octanol–water partition coefficient (Wildman–Crippen LogP) is 3.75. The van der Waals surface area contributed by atoms with Crippen LogP contribution < -0.4 is 0 Å². The zero-order chi connectivity index (χ0) is 21.7. The van der Waals surface area contributed by atoms with Crippen LogP contribution in [0.1, 0.15) is 58.8 Å². The maximum absolute atomic E-state index is 12.3. The van der Waals surface area contributed by atoms with E-state index in [4.69, 9.17) is 4.74 Å². The number of ketones is 1. The number of rotatable bonds is 12. The second-order valence-corrected chi connectivity index (χ2v) is 7.00. The molecule has 6 heteroatoms. The van der Waals surface area contributed by atoms with E-state index in [1.807, 2.05) is 12.2 Å². The van der Waals surface area contributed by atoms with Crippen molar-refractivity contribution in [1.82, 2.24) is 0 Å². The molecule has 0 heterocycles. The number of methoxy groups -OCH3 is 1. The lowest BCUT2D eigenvalue weighted by atomic mass is 9.91. The van der Waals surface area contributed by atoms with Crippen LogP contribution in [0.2, 0.25) is 0 Å². The Morgan fingerprint density at radius 1 is 1.28 bits per heavy atom. The van der Waals surface area contributed by atoms with Gasteiger partial charge in [-0.15, -0.1) is 0 Å². The third kappa shape index (κ3) is 8.60. The van der Waals surface area contributed by atoms with Crippen LogP contribution in [0.15, 0.2) is 48.1 Å². The van der Waals surface area contributed by atoms with Gasteiger partial charge in [-0.2, -0.15) is 0 Å². The summed E-state index contributed by atoms with van der Waals surface area (Å²) in [5, 5.41) is 9.93. The van der Waals surface area contributed by atoms with Gasteiger partial charge >= 0.3 is 11.9 Å². The van der Waals surface area contributed by atoms with Crippen LogP contribution >= 0.6 is 0 Å². The fourth-order valence-electron chi connectivity index (χ4n) is 3.02. The Balaban J connectivity index is 2.87. The molecule has 1 aliphatic rings. The summed E-state index contributed by atoms with van der Waals surface area (Å²) in [7, 11) is 1.29. The number of esters is 2. The SMILES string of the molecule is CCCCC/C=C\C[C@]1(OC(C)=O)C=CC(=O)/C1=C/C=C/[C@H](O)CCC(=O)OC. The minimum Gasteiger partial charge on any atom is -0.469 e. The molecule has 0 aliphatic heterocycles. The lowest BCUT2D eigenvalue weighted by Crippen LogP contribution is -2.33. The first-order chi connectivity index (χ1) is 13.8. The van der Waals surface area contributed by atoms with E-state index in [0.29, 0.717) is 12.0 Å². The van der Waals surface area contributed by atoms with Crippen molar-refractivity contribution in [3.8, 4) is 0 Å². The molecule has 2 atom stereocenters. The Hall–Kier alpha value is -2.47. The predicted molar refractivity (Wildman–Crippen MR) is 111 cm³/mol. The fourth-order valence-corrected chi connectivity index (χ4v) is 3.02. The van der Waals surface area contributed by atoms with Crippen molar-refractivity contribution in [3.05, 3.63) is 48.1 Å². The summed E-state index contributed by atoms with van der Waals surface area (Å²) in [5.74, 6) is -1.11. The second kappa shape index (κ2) is 12.9. The van der Waals surface area contributed by atoms with Crippen LogP contribution in [0.5, 0.6) is 0 Å². The molecule has 0 unspecified atom stereocenters. The Morgan fingerprint density at radius 2 is 2.03 bits per heavy atom. The van der Waals surface area contributed by atoms with Crippen molar-refractivity contribution < 1.29 is 29.0 Å². The van der Waals surface area contributed by atoms with E-state index in [0.717, 1.165) is 25.7 Å². The van der Waals surface area contributed by atoms with Crippen LogP contribution in [0, 0.1) is 0 Å². The number of carbonyl (C=O) groups is 3. The minimum atomic E-state index is -1.13. The number of allylic oxidation sites excluding steroid dienone is 4. The van der Waals surface area contributed by atoms with E-state index in [-0.39, 0.29) is 18.6 Å². The maximum atomic E-state index is 12.3. The van der Waals surface area contributed by atoms with Gasteiger partial charge in [-0.3, -0.25) is 14.4 Å². The summed E-state index contributed by atoms with van der Waals surface area (Å²) < 4.78 is 10.1. The highest BCUT2D eigenvalue weighted by Gasteiger charge is 2.41. The largest absolute Gasteiger partial charge is 0.469 e. The molecule has 0 aromatic rings. The molecule has 1 rings (SSSR count). The molecule has 6 nitrogen and oxygen atoms in total. The van der Waals surface area contributed by atoms with Gasteiger partial charge < -0.3 is 14.6 Å². The molecule has 1 aliphatic carbocycles. The van der Waals surface area contributed by atoms with Gasteiger partial charge in [0.05, 0.1) is 13.2 Å². The zero-order valence-electron chi connectivity index (χ0n) is 17.6. The van der Waals surface area contributed by atoms with E-state index >= 15 is 0 Å². The average molecular weight is 405 g/mol. The van der Waals surface area contributed by atoms with Crippen molar-refractivity contribution in [2.24, 2.45) is 0 Å². The number of ether oxygens (including phenoxy) is 2. The Morgan fingerprint density at radius 3 is 2.69 bits per heavy atom. The summed E-state index contributed by atoms with van der Waals surface area (Å²) in [6.07, 6.45) is 15.7. The Bertz CT molecular complexity index is 685. The molecule has 0 saturated carbocycles. The van der Waals surface area contributed by atoms with Crippen molar-refractivity contribution in [3.63, 3.8) is 0 Å². The molecule has 1 N–H and O–H groups in total. The first-order valence-electron chi connectivity index (χ1n) is 10.1. The molecule has 29 heavy (non-hydrogen) atoms. The number of unbranched alkanes of at least 4 members (excludes halogenated alkanes) is 3. The van der Waals surface area contributed by atoms with Crippen LogP contribution in [-0.2, 0) is 23.9 Å². The van der Waals surface area contributed by atoms with Gasteiger partial charge in [0.1, 0.15) is 0 Å². The molecule has 0 saturated heterocycles. The third-order valence-electron chi connectivity index (χ3n) is 4.58. The molecule has 0 amide bonds. The Kier molecular flexibility index (Phi) is 10.9. The van der Waals surface area contributed by atoms with Gasteiger partial charge in [0.2, 0.25) is 0 Å². The quantitative estimate of drug-likeness (QED) is 0.231. The molecule has 0 fully saturated rings. The van der Waals surface area contributed by atoms with E-state index in [9.17, 15) is 19.5 Å². The number of hydrogen-bond acceptors (Lipinski definition) is 6. The zero-order valence-corrected chi connectivity index (χ0v) is 17.6. The summed E-state index contributed by atoms with van der Waals surface area (Å²) in [6, 6.07) is 0. The Labute approximate surface area is 173 Å². The van der Waals surface area contributed by atoms with Gasteiger partial charge in [0.15, 0.2) is 11.4 Å². The molecule has 0 aromatic carbocycles. The van der Waals surface area contributed by atoms with Crippen molar-refractivity contribution in [2.45, 2.75) is 70.5 Å². The van der Waals surface area contributed by atoms with E-state index in [1.165, 1.54) is 26.2 Å². The number of aliphatic hydroxyl groups is 1. The van der Waals surface area contributed by atoms with Crippen LogP contribution in [0.25, 0.3) is 0 Å². The molecule has 0 aromatic heterocycles. The highest BCUT2D eigenvalue weighted by Crippen LogP contribution is 2.34. The number of carbonyl (C=O) groups excluding carboxylic acids is 3. The number of aliphatic hydroxyl groups excluding tert-OH is 1. The topological polar surface area (TPSA) is 89.9 Å². The summed E-state index contributed by atoms with van der Waals surface area (Å²) in [5.41, 5.74) is -0.798. The molecule has 0 spiro atoms. The highest BCUT2D eigenvalue weighted by atomic mass is 16.6. The normalized spacial score (nSPS) is 21.4. The maximum Gasteiger partial charge on any atom is 0.305 e. The summed E-state index contributed by atoms with van der Waals surface area (Å²) in [4.78, 5) is 35.2. The van der Waals surface area contributed by atoms with E-state index < -0.39 is 23.6 Å². The lowest BCUT2D eigenvalue weighted by molar-refractivity contribution is -0.149. The molecule has 0 radical (unpaired) electrons. The molecule has 0 bridgehead atoms. The minimum absolute atomic E-state index is 0.0965. The number of hydrogen-bond donors (Lipinski definition) is 1. The van der Waals surface area contributed by atoms with Crippen molar-refractivity contribution in [2.75, 3.05) is 7.11 Å². The lowest BCUT2D eigenvalue weighted by Gasteiger charge is -2.27. The second-order valence-electron chi connectivity index (χ2n) is 7.00. The van der Waals surface area contributed by atoms with Crippen molar-refractivity contribution >= 4 is 17.7 Å². The summed E-state index contributed by atoms with van der Waals surface area (Å²) >= 11 is 0. The monoisotopic (exact) mass is 404 g/mol. The van der Waals surface area contributed by atoms with Gasteiger partial charge in [0.25, 0.3) is 0 Å². The van der Waals surface area contributed by atoms with Gasteiger partial charge in [-0.05, 0) is 31.4 Å². The van der Waals surface area contributed by atoms with E-state index in [2.05, 4.69) is 11.7 Å². The van der Waals surface area contributed by atoms with Crippen LogP contribution in [0.3, 0.4) is 0 Å². The van der Waals surface area contributed by atoms with Gasteiger partial charge in [-0.1, -0.05) is 50.1 Å². The molecular formula is C23H32O6. The molecule has 160 valence electrons. The first kappa shape index (κ1) is 24.6. The van der Waals surface area contributed by atoms with Crippen LogP contribution in [-0.4, -0.2) is 41.6 Å². The van der Waals surface area contributed by atoms with E-state index in [1.54, 1.807) is 18.2 Å². The fraction of sp³-hybridized carbons (Fsp3) is 0.522. The first-order valence-corrected chi connectivity index (χ1v) is 10.1. The smallest absolute Gasteiger partial charge is 0.305 e. The third-order valence-corrected chi connectivity index (χ3v) is 4.58. The van der Waals surface area contributed by atoms with Gasteiger partial charge in [-0.25, -0.2) is 0 Å². The molecular weight excluding hydrogens is 372 g/mol. The standard InChI is InChI=1S/C23H32O6/c1-4-5-6-7-8-9-16-23(29-18(2)24)17-15-21(26)20(23)12-10-11-19(25)13-14-22(27)28-3/h8-12,15,17,19,25H,4-7,13-14,16H2,1-3H3/b9-8-,11-10+,20-12-/t19-,23-/m0/s1.